The number of aliphatic carboxylic acids is 1. The lowest BCUT2D eigenvalue weighted by molar-refractivity contribution is -0.141. The van der Waals surface area contributed by atoms with Crippen LogP contribution in [0.4, 0.5) is 5.69 Å². The molecule has 14 heavy (non-hydrogen) atoms. The highest BCUT2D eigenvalue weighted by Crippen LogP contribution is 2.16. The molecule has 1 heterocycles. The Balaban J connectivity index is 2.79. The molecule has 76 valence electrons. The van der Waals surface area contributed by atoms with E-state index in [1.807, 2.05) is 0 Å². The normalized spacial score (nSPS) is 11.1. The van der Waals surface area contributed by atoms with E-state index < -0.39 is 11.5 Å². The smallest absolute Gasteiger partial charge is 0.328 e. The molecule has 0 aromatic carbocycles. The van der Waals surface area contributed by atoms with Crippen LogP contribution in [0.2, 0.25) is 0 Å². The van der Waals surface area contributed by atoms with Crippen LogP contribution in [0.15, 0.2) is 22.9 Å². The molecule has 1 aromatic heterocycles. The van der Waals surface area contributed by atoms with E-state index in [9.17, 15) is 4.79 Å². The van der Waals surface area contributed by atoms with Gasteiger partial charge in [-0.05, 0) is 41.9 Å². The third kappa shape index (κ3) is 2.70. The van der Waals surface area contributed by atoms with E-state index in [-0.39, 0.29) is 0 Å². The van der Waals surface area contributed by atoms with Crippen molar-refractivity contribution in [3.63, 3.8) is 0 Å². The largest absolute Gasteiger partial charge is 0.480 e. The minimum absolute atomic E-state index is 0.681. The summed E-state index contributed by atoms with van der Waals surface area (Å²) in [6.45, 7) is 3.19. The predicted octanol–water partition coefficient (Wildman–Crippen LogP) is 2.12. The summed E-state index contributed by atoms with van der Waals surface area (Å²) in [4.78, 5) is 14.8. The van der Waals surface area contributed by atoms with E-state index >= 15 is 0 Å². The number of hydrogen-bond donors (Lipinski definition) is 2. The van der Waals surface area contributed by atoms with Crippen molar-refractivity contribution in [3.05, 3.63) is 22.9 Å². The van der Waals surface area contributed by atoms with Gasteiger partial charge in [0.2, 0.25) is 0 Å². The molecular formula is C9H11BrN2O2. The number of carbonyl (C=O) groups is 1. The molecule has 0 atom stereocenters. The molecule has 0 fully saturated rings. The molecule has 0 unspecified atom stereocenters. The summed E-state index contributed by atoms with van der Waals surface area (Å²) in [5.41, 5.74) is -0.309. The molecule has 0 saturated heterocycles. The molecule has 4 nitrogen and oxygen atoms in total. The summed E-state index contributed by atoms with van der Waals surface area (Å²) < 4.78 is 0.719. The van der Waals surface area contributed by atoms with E-state index in [4.69, 9.17) is 5.11 Å². The predicted molar refractivity (Wildman–Crippen MR) is 57.3 cm³/mol. The molecule has 0 radical (unpaired) electrons. The van der Waals surface area contributed by atoms with Crippen molar-refractivity contribution in [2.24, 2.45) is 0 Å². The van der Waals surface area contributed by atoms with Gasteiger partial charge in [0.25, 0.3) is 0 Å². The van der Waals surface area contributed by atoms with Crippen LogP contribution >= 0.6 is 15.9 Å². The molecule has 0 aliphatic rings. The van der Waals surface area contributed by atoms with Crippen molar-refractivity contribution in [1.82, 2.24) is 4.98 Å². The number of anilines is 1. The second kappa shape index (κ2) is 3.96. The Kier molecular flexibility index (Phi) is 3.10. The minimum atomic E-state index is -0.991. The molecule has 0 bridgehead atoms. The number of aromatic nitrogens is 1. The van der Waals surface area contributed by atoms with Gasteiger partial charge >= 0.3 is 5.97 Å². The van der Waals surface area contributed by atoms with Crippen molar-refractivity contribution in [1.29, 1.82) is 0 Å². The first-order valence-electron chi connectivity index (χ1n) is 4.05. The number of carboxylic acid groups (broad SMARTS) is 1. The van der Waals surface area contributed by atoms with E-state index in [2.05, 4.69) is 26.2 Å². The monoisotopic (exact) mass is 258 g/mol. The first-order chi connectivity index (χ1) is 6.42. The maximum Gasteiger partial charge on any atom is 0.328 e. The van der Waals surface area contributed by atoms with Crippen LogP contribution < -0.4 is 5.32 Å². The summed E-state index contributed by atoms with van der Waals surface area (Å²) in [5, 5.41) is 11.7. The SMILES string of the molecule is CC(C)(Nc1ccc(Br)nc1)C(=O)O. The van der Waals surface area contributed by atoms with Crippen molar-refractivity contribution in [3.8, 4) is 0 Å². The van der Waals surface area contributed by atoms with Crippen LogP contribution in [0, 0.1) is 0 Å². The van der Waals surface area contributed by atoms with E-state index in [1.54, 1.807) is 32.2 Å². The Hall–Kier alpha value is -1.10. The molecule has 5 heteroatoms. The fourth-order valence-electron chi connectivity index (χ4n) is 0.864. The number of rotatable bonds is 3. The van der Waals surface area contributed by atoms with Gasteiger partial charge in [-0.2, -0.15) is 0 Å². The average molecular weight is 259 g/mol. The second-order valence-corrected chi connectivity index (χ2v) is 4.24. The van der Waals surface area contributed by atoms with Gasteiger partial charge in [-0.25, -0.2) is 9.78 Å². The van der Waals surface area contributed by atoms with Crippen molar-refractivity contribution in [2.75, 3.05) is 5.32 Å². The Bertz CT molecular complexity index is 335. The van der Waals surface area contributed by atoms with Crippen molar-refractivity contribution in [2.45, 2.75) is 19.4 Å². The standard InChI is InChI=1S/C9H11BrN2O2/c1-9(2,8(13)14)12-6-3-4-7(10)11-5-6/h3-5,12H,1-2H3,(H,13,14). The first kappa shape index (κ1) is 11.0. The summed E-state index contributed by atoms with van der Waals surface area (Å²) in [6, 6.07) is 3.52. The zero-order chi connectivity index (χ0) is 10.8. The number of hydrogen-bond acceptors (Lipinski definition) is 3. The Morgan fingerprint density at radius 2 is 2.21 bits per heavy atom. The van der Waals surface area contributed by atoms with Gasteiger partial charge in [0.05, 0.1) is 11.9 Å². The van der Waals surface area contributed by atoms with Crippen molar-refractivity contribution < 1.29 is 9.90 Å². The fourth-order valence-corrected chi connectivity index (χ4v) is 1.10. The highest BCUT2D eigenvalue weighted by atomic mass is 79.9. The van der Waals surface area contributed by atoms with E-state index in [0.717, 1.165) is 4.60 Å². The van der Waals surface area contributed by atoms with E-state index in [1.165, 1.54) is 0 Å². The van der Waals surface area contributed by atoms with Gasteiger partial charge < -0.3 is 10.4 Å². The molecule has 0 amide bonds. The summed E-state index contributed by atoms with van der Waals surface area (Å²) >= 11 is 3.20. The summed E-state index contributed by atoms with van der Waals surface area (Å²) in [6.07, 6.45) is 1.58. The lowest BCUT2D eigenvalue weighted by Gasteiger charge is -2.21. The van der Waals surface area contributed by atoms with Crippen LogP contribution in [-0.2, 0) is 4.79 Å². The molecule has 0 spiro atoms. The zero-order valence-corrected chi connectivity index (χ0v) is 9.50. The number of halogens is 1. The van der Waals surface area contributed by atoms with Gasteiger partial charge in [0.15, 0.2) is 0 Å². The lowest BCUT2D eigenvalue weighted by Crippen LogP contribution is -2.39. The lowest BCUT2D eigenvalue weighted by atomic mass is 10.1. The van der Waals surface area contributed by atoms with Gasteiger partial charge in [-0.1, -0.05) is 0 Å². The summed E-state index contributed by atoms with van der Waals surface area (Å²) in [5.74, 6) is -0.902. The number of carboxylic acids is 1. The van der Waals surface area contributed by atoms with Crippen LogP contribution in [0.1, 0.15) is 13.8 Å². The van der Waals surface area contributed by atoms with Crippen LogP contribution in [-0.4, -0.2) is 21.6 Å². The Morgan fingerprint density at radius 1 is 1.57 bits per heavy atom. The highest BCUT2D eigenvalue weighted by Gasteiger charge is 2.26. The molecular weight excluding hydrogens is 248 g/mol. The fraction of sp³-hybridized carbons (Fsp3) is 0.333. The number of nitrogens with one attached hydrogen (secondary N) is 1. The van der Waals surface area contributed by atoms with Gasteiger partial charge in [-0.15, -0.1) is 0 Å². The maximum absolute atomic E-state index is 10.8. The summed E-state index contributed by atoms with van der Waals surface area (Å²) in [7, 11) is 0. The quantitative estimate of drug-likeness (QED) is 0.816. The number of pyridine rings is 1. The van der Waals surface area contributed by atoms with Crippen LogP contribution in [0.5, 0.6) is 0 Å². The molecule has 0 aliphatic carbocycles. The highest BCUT2D eigenvalue weighted by molar-refractivity contribution is 9.10. The van der Waals surface area contributed by atoms with Gasteiger partial charge in [-0.3, -0.25) is 0 Å². The number of nitrogens with zero attached hydrogens (tertiary/aromatic N) is 1. The van der Waals surface area contributed by atoms with Crippen LogP contribution in [0.3, 0.4) is 0 Å². The zero-order valence-electron chi connectivity index (χ0n) is 7.91. The maximum atomic E-state index is 10.8. The Labute approximate surface area is 90.5 Å². The van der Waals surface area contributed by atoms with Gasteiger partial charge in [0, 0.05) is 0 Å². The molecule has 0 saturated carbocycles. The molecule has 2 N–H and O–H groups in total. The molecule has 0 aliphatic heterocycles. The minimum Gasteiger partial charge on any atom is -0.480 e. The molecule has 1 rings (SSSR count). The molecule has 1 aromatic rings. The first-order valence-corrected chi connectivity index (χ1v) is 4.84. The van der Waals surface area contributed by atoms with Crippen LogP contribution in [0.25, 0.3) is 0 Å². The Morgan fingerprint density at radius 3 is 2.64 bits per heavy atom. The second-order valence-electron chi connectivity index (χ2n) is 3.42. The van der Waals surface area contributed by atoms with E-state index in [0.29, 0.717) is 5.69 Å². The topological polar surface area (TPSA) is 62.2 Å². The third-order valence-corrected chi connectivity index (χ3v) is 2.19. The van der Waals surface area contributed by atoms with Gasteiger partial charge in [0.1, 0.15) is 10.1 Å². The third-order valence-electron chi connectivity index (χ3n) is 1.72. The van der Waals surface area contributed by atoms with Crippen molar-refractivity contribution >= 4 is 27.6 Å². The average Bonchev–Trinajstić information content (AvgIpc) is 2.08.